The Morgan fingerprint density at radius 3 is 2.62 bits per heavy atom. The monoisotopic (exact) mass is 290 g/mol. The SMILES string of the molecule is COc1cc(CC(C)N)ccc1OCc1c(C)noc1C. The first kappa shape index (κ1) is 15.4. The Hall–Kier alpha value is -2.01. The molecule has 1 aromatic heterocycles. The Labute approximate surface area is 125 Å². The summed E-state index contributed by atoms with van der Waals surface area (Å²) in [6.45, 7) is 6.17. The summed E-state index contributed by atoms with van der Waals surface area (Å²) in [6, 6.07) is 6.00. The molecule has 1 aromatic carbocycles. The zero-order chi connectivity index (χ0) is 15.4. The largest absolute Gasteiger partial charge is 0.493 e. The first-order valence-electron chi connectivity index (χ1n) is 6.98. The molecule has 0 saturated heterocycles. The van der Waals surface area contributed by atoms with Gasteiger partial charge >= 0.3 is 0 Å². The van der Waals surface area contributed by atoms with Crippen molar-refractivity contribution in [3.8, 4) is 11.5 Å². The van der Waals surface area contributed by atoms with Gasteiger partial charge in [0.2, 0.25) is 0 Å². The third-order valence-corrected chi connectivity index (χ3v) is 3.34. The van der Waals surface area contributed by atoms with Gasteiger partial charge in [0.1, 0.15) is 12.4 Å². The lowest BCUT2D eigenvalue weighted by Crippen LogP contribution is -2.17. The van der Waals surface area contributed by atoms with E-state index in [4.69, 9.17) is 19.7 Å². The maximum Gasteiger partial charge on any atom is 0.161 e. The first-order chi connectivity index (χ1) is 10.0. The van der Waals surface area contributed by atoms with Crippen LogP contribution in [0.5, 0.6) is 11.5 Å². The smallest absolute Gasteiger partial charge is 0.161 e. The molecule has 0 aliphatic carbocycles. The number of hydrogen-bond acceptors (Lipinski definition) is 5. The summed E-state index contributed by atoms with van der Waals surface area (Å²) in [5, 5.41) is 3.92. The highest BCUT2D eigenvalue weighted by molar-refractivity contribution is 5.43. The number of aromatic nitrogens is 1. The molecule has 0 fully saturated rings. The van der Waals surface area contributed by atoms with Crippen LogP contribution in [0.2, 0.25) is 0 Å². The molecule has 1 unspecified atom stereocenters. The quantitative estimate of drug-likeness (QED) is 0.885. The second-order valence-electron chi connectivity index (χ2n) is 5.26. The van der Waals surface area contributed by atoms with E-state index in [0.717, 1.165) is 29.0 Å². The van der Waals surface area contributed by atoms with Gasteiger partial charge in [-0.2, -0.15) is 0 Å². The lowest BCUT2D eigenvalue weighted by Gasteiger charge is -2.13. The molecule has 114 valence electrons. The Bertz CT molecular complexity index is 586. The Morgan fingerprint density at radius 2 is 2.05 bits per heavy atom. The van der Waals surface area contributed by atoms with Gasteiger partial charge in [-0.25, -0.2) is 0 Å². The topological polar surface area (TPSA) is 70.5 Å². The van der Waals surface area contributed by atoms with Gasteiger partial charge in [0, 0.05) is 6.04 Å². The molecule has 0 aliphatic heterocycles. The number of methoxy groups -OCH3 is 1. The molecule has 0 bridgehead atoms. The van der Waals surface area contributed by atoms with Crippen LogP contribution in [0, 0.1) is 13.8 Å². The second kappa shape index (κ2) is 6.63. The molecule has 1 atom stereocenters. The van der Waals surface area contributed by atoms with Gasteiger partial charge in [0.05, 0.1) is 18.4 Å². The summed E-state index contributed by atoms with van der Waals surface area (Å²) in [4.78, 5) is 0. The van der Waals surface area contributed by atoms with Crippen LogP contribution in [-0.4, -0.2) is 18.3 Å². The van der Waals surface area contributed by atoms with Crippen LogP contribution in [-0.2, 0) is 13.0 Å². The molecule has 0 amide bonds. The Balaban J connectivity index is 2.13. The number of hydrogen-bond donors (Lipinski definition) is 1. The minimum absolute atomic E-state index is 0.115. The Kier molecular flexibility index (Phi) is 4.85. The van der Waals surface area contributed by atoms with Crippen LogP contribution in [0.3, 0.4) is 0 Å². The van der Waals surface area contributed by atoms with E-state index in [9.17, 15) is 0 Å². The standard InChI is InChI=1S/C16H22N2O3/c1-10(17)7-13-5-6-15(16(8-13)19-4)20-9-14-11(2)18-21-12(14)3/h5-6,8,10H,7,9,17H2,1-4H3. The number of benzene rings is 1. The molecular formula is C16H22N2O3. The molecule has 21 heavy (non-hydrogen) atoms. The molecule has 0 radical (unpaired) electrons. The highest BCUT2D eigenvalue weighted by Crippen LogP contribution is 2.29. The maximum absolute atomic E-state index is 5.84. The fourth-order valence-electron chi connectivity index (χ4n) is 2.19. The molecule has 0 saturated carbocycles. The lowest BCUT2D eigenvalue weighted by atomic mass is 10.1. The molecule has 2 aromatic rings. The zero-order valence-electron chi connectivity index (χ0n) is 13.0. The number of nitrogens with zero attached hydrogens (tertiary/aromatic N) is 1. The lowest BCUT2D eigenvalue weighted by molar-refractivity contribution is 0.281. The summed E-state index contributed by atoms with van der Waals surface area (Å²) in [5.41, 5.74) is 8.77. The van der Waals surface area contributed by atoms with Crippen molar-refractivity contribution >= 4 is 0 Å². The van der Waals surface area contributed by atoms with Crippen LogP contribution >= 0.6 is 0 Å². The summed E-state index contributed by atoms with van der Waals surface area (Å²) < 4.78 is 16.4. The third-order valence-electron chi connectivity index (χ3n) is 3.34. The maximum atomic E-state index is 5.84. The first-order valence-corrected chi connectivity index (χ1v) is 6.98. The summed E-state index contributed by atoms with van der Waals surface area (Å²) in [5.74, 6) is 2.19. The van der Waals surface area contributed by atoms with Crippen molar-refractivity contribution in [1.29, 1.82) is 0 Å². The highest BCUT2D eigenvalue weighted by Gasteiger charge is 2.12. The summed E-state index contributed by atoms with van der Waals surface area (Å²) in [7, 11) is 1.63. The van der Waals surface area contributed by atoms with Crippen LogP contribution in [0.1, 0.15) is 29.5 Å². The van der Waals surface area contributed by atoms with Gasteiger partial charge in [-0.1, -0.05) is 11.2 Å². The predicted molar refractivity (Wildman–Crippen MR) is 80.7 cm³/mol. The normalized spacial score (nSPS) is 12.2. The van der Waals surface area contributed by atoms with E-state index >= 15 is 0 Å². The van der Waals surface area contributed by atoms with Crippen molar-refractivity contribution in [2.24, 2.45) is 5.73 Å². The van der Waals surface area contributed by atoms with E-state index in [-0.39, 0.29) is 6.04 Å². The van der Waals surface area contributed by atoms with Gasteiger partial charge in [-0.3, -0.25) is 0 Å². The summed E-state index contributed by atoms with van der Waals surface area (Å²) in [6.07, 6.45) is 0.806. The Morgan fingerprint density at radius 1 is 1.29 bits per heavy atom. The van der Waals surface area contributed by atoms with Crippen molar-refractivity contribution in [3.05, 3.63) is 40.8 Å². The van der Waals surface area contributed by atoms with Gasteiger partial charge in [-0.05, 0) is 44.9 Å². The van der Waals surface area contributed by atoms with Gasteiger partial charge in [0.25, 0.3) is 0 Å². The van der Waals surface area contributed by atoms with E-state index in [1.807, 2.05) is 39.0 Å². The molecule has 0 aliphatic rings. The molecule has 1 heterocycles. The van der Waals surface area contributed by atoms with Crippen LogP contribution in [0.25, 0.3) is 0 Å². The van der Waals surface area contributed by atoms with E-state index < -0.39 is 0 Å². The third kappa shape index (κ3) is 3.76. The number of aryl methyl sites for hydroxylation is 2. The fourth-order valence-corrected chi connectivity index (χ4v) is 2.19. The van der Waals surface area contributed by atoms with Gasteiger partial charge in [-0.15, -0.1) is 0 Å². The van der Waals surface area contributed by atoms with Crippen molar-refractivity contribution in [3.63, 3.8) is 0 Å². The van der Waals surface area contributed by atoms with Crippen LogP contribution in [0.4, 0.5) is 0 Å². The average Bonchev–Trinajstić information content (AvgIpc) is 2.76. The van der Waals surface area contributed by atoms with E-state index in [2.05, 4.69) is 5.16 Å². The van der Waals surface area contributed by atoms with Crippen molar-refractivity contribution in [1.82, 2.24) is 5.16 Å². The fraction of sp³-hybridized carbons (Fsp3) is 0.438. The number of nitrogens with two attached hydrogens (primary N) is 1. The van der Waals surface area contributed by atoms with E-state index in [0.29, 0.717) is 18.1 Å². The van der Waals surface area contributed by atoms with Crippen molar-refractivity contribution in [2.75, 3.05) is 7.11 Å². The zero-order valence-corrected chi connectivity index (χ0v) is 13.0. The molecule has 2 N–H and O–H groups in total. The minimum atomic E-state index is 0.115. The van der Waals surface area contributed by atoms with Crippen LogP contribution < -0.4 is 15.2 Å². The number of ether oxygens (including phenoxy) is 2. The minimum Gasteiger partial charge on any atom is -0.493 e. The van der Waals surface area contributed by atoms with Crippen LogP contribution in [0.15, 0.2) is 22.7 Å². The van der Waals surface area contributed by atoms with Crippen molar-refractivity contribution in [2.45, 2.75) is 39.8 Å². The van der Waals surface area contributed by atoms with E-state index in [1.54, 1.807) is 7.11 Å². The molecule has 2 rings (SSSR count). The molecule has 5 nitrogen and oxygen atoms in total. The molecular weight excluding hydrogens is 268 g/mol. The summed E-state index contributed by atoms with van der Waals surface area (Å²) >= 11 is 0. The average molecular weight is 290 g/mol. The van der Waals surface area contributed by atoms with Gasteiger partial charge < -0.3 is 19.7 Å². The molecule has 5 heteroatoms. The van der Waals surface area contributed by atoms with Crippen molar-refractivity contribution < 1.29 is 14.0 Å². The molecule has 0 spiro atoms. The predicted octanol–water partition coefficient (Wildman–Crippen LogP) is 2.77. The second-order valence-corrected chi connectivity index (χ2v) is 5.26. The van der Waals surface area contributed by atoms with E-state index in [1.165, 1.54) is 0 Å². The van der Waals surface area contributed by atoms with Gasteiger partial charge in [0.15, 0.2) is 11.5 Å². The highest BCUT2D eigenvalue weighted by atomic mass is 16.5. The number of rotatable bonds is 6.